The molecule has 2 aromatic rings. The van der Waals surface area contributed by atoms with Crippen molar-refractivity contribution in [1.29, 1.82) is 0 Å². The zero-order valence-corrected chi connectivity index (χ0v) is 15.3. The number of benzene rings is 1. The summed E-state index contributed by atoms with van der Waals surface area (Å²) in [6.45, 7) is 2.41. The van der Waals surface area contributed by atoms with Crippen molar-refractivity contribution in [3.63, 3.8) is 0 Å². The maximum atomic E-state index is 13.2. The second-order valence-corrected chi connectivity index (χ2v) is 8.08. The van der Waals surface area contributed by atoms with Crippen molar-refractivity contribution in [2.24, 2.45) is 11.8 Å². The summed E-state index contributed by atoms with van der Waals surface area (Å²) in [5, 5.41) is 18.2. The van der Waals surface area contributed by atoms with Crippen molar-refractivity contribution in [1.82, 2.24) is 19.7 Å². The van der Waals surface area contributed by atoms with Crippen molar-refractivity contribution in [2.75, 3.05) is 25.0 Å². The Morgan fingerprint density at radius 2 is 2.07 bits per heavy atom. The third kappa shape index (κ3) is 2.90. The molecule has 1 aromatic heterocycles. The molecular formula is C20H25N5O2. The van der Waals surface area contributed by atoms with Gasteiger partial charge in [-0.1, -0.05) is 12.1 Å². The third-order valence-electron chi connectivity index (χ3n) is 6.48. The van der Waals surface area contributed by atoms with E-state index in [1.165, 1.54) is 11.9 Å². The van der Waals surface area contributed by atoms with Gasteiger partial charge in [0.15, 0.2) is 0 Å². The number of carbonyl (C=O) groups is 1. The fraction of sp³-hybridized carbons (Fsp3) is 0.550. The predicted molar refractivity (Wildman–Crippen MR) is 100 cm³/mol. The molecule has 1 saturated carbocycles. The number of aliphatic hydroxyl groups is 1. The van der Waals surface area contributed by atoms with Gasteiger partial charge in [0.1, 0.15) is 12.7 Å². The summed E-state index contributed by atoms with van der Waals surface area (Å²) in [4.78, 5) is 19.2. The van der Waals surface area contributed by atoms with Crippen molar-refractivity contribution in [3.05, 3.63) is 42.0 Å². The van der Waals surface area contributed by atoms with Gasteiger partial charge < -0.3 is 15.3 Å². The largest absolute Gasteiger partial charge is 0.391 e. The third-order valence-corrected chi connectivity index (χ3v) is 6.48. The number of amides is 1. The number of aryl methyl sites for hydroxylation is 1. The predicted octanol–water partition coefficient (Wildman–Crippen LogP) is 1.72. The maximum absolute atomic E-state index is 13.2. The molecule has 3 aliphatic rings. The molecule has 1 aromatic carbocycles. The first-order valence-corrected chi connectivity index (χ1v) is 9.88. The molecule has 4 atom stereocenters. The number of hydrogen-bond donors (Lipinski definition) is 2. The van der Waals surface area contributed by atoms with E-state index in [1.807, 2.05) is 17.0 Å². The number of likely N-dealkylation sites (tertiary alicyclic amines) is 1. The Kier molecular flexibility index (Phi) is 4.11. The first-order valence-electron chi connectivity index (χ1n) is 9.88. The van der Waals surface area contributed by atoms with E-state index in [0.29, 0.717) is 18.3 Å². The van der Waals surface area contributed by atoms with Crippen LogP contribution < -0.4 is 5.32 Å². The van der Waals surface area contributed by atoms with E-state index in [0.717, 1.165) is 50.1 Å². The normalized spacial score (nSPS) is 29.7. The van der Waals surface area contributed by atoms with E-state index in [-0.39, 0.29) is 11.9 Å². The lowest BCUT2D eigenvalue weighted by Gasteiger charge is -2.34. The highest BCUT2D eigenvalue weighted by Crippen LogP contribution is 2.41. The number of nitrogens with zero attached hydrogens (tertiary/aromatic N) is 4. The lowest BCUT2D eigenvalue weighted by molar-refractivity contribution is 0.0304. The number of nitrogens with one attached hydrogen (secondary N) is 1. The molecule has 1 saturated heterocycles. The van der Waals surface area contributed by atoms with Crippen LogP contribution in [-0.4, -0.2) is 56.4 Å². The summed E-state index contributed by atoms with van der Waals surface area (Å²) < 4.78 is 1.77. The van der Waals surface area contributed by atoms with Crippen molar-refractivity contribution in [3.8, 4) is 0 Å². The molecule has 3 heterocycles. The molecule has 5 rings (SSSR count). The second kappa shape index (κ2) is 6.64. The summed E-state index contributed by atoms with van der Waals surface area (Å²) in [5.74, 6) is 0.873. The zero-order valence-electron chi connectivity index (χ0n) is 15.3. The summed E-state index contributed by atoms with van der Waals surface area (Å²) in [5.41, 5.74) is 3.05. The molecule has 1 aliphatic carbocycles. The van der Waals surface area contributed by atoms with Crippen LogP contribution in [0.5, 0.6) is 0 Å². The van der Waals surface area contributed by atoms with Crippen LogP contribution in [0.15, 0.2) is 30.9 Å². The summed E-state index contributed by atoms with van der Waals surface area (Å²) in [6.07, 6.45) is 6.44. The first-order chi connectivity index (χ1) is 13.2. The summed E-state index contributed by atoms with van der Waals surface area (Å²) >= 11 is 0. The minimum atomic E-state index is -0.436. The highest BCUT2D eigenvalue weighted by molar-refractivity contribution is 6.00. The van der Waals surface area contributed by atoms with Gasteiger partial charge in [0, 0.05) is 19.6 Å². The van der Waals surface area contributed by atoms with Crippen LogP contribution in [0.25, 0.3) is 0 Å². The smallest absolute Gasteiger partial charge is 0.255 e. The lowest BCUT2D eigenvalue weighted by Crippen LogP contribution is -2.36. The Hall–Kier alpha value is -2.41. The van der Waals surface area contributed by atoms with Crippen LogP contribution in [-0.2, 0) is 6.42 Å². The molecule has 2 aliphatic heterocycles. The van der Waals surface area contributed by atoms with Gasteiger partial charge in [-0.15, -0.1) is 0 Å². The number of fused-ring (bicyclic) bond motifs is 2. The number of aromatic nitrogens is 3. The van der Waals surface area contributed by atoms with E-state index in [4.69, 9.17) is 0 Å². The van der Waals surface area contributed by atoms with Crippen molar-refractivity contribution >= 4 is 11.6 Å². The Balaban J connectivity index is 1.35. The standard InChI is InChI=1S/C20H25N5O2/c26-18-8-15-10-24(9-14(15)7-17(18)25-12-21-11-23-25)20(27)16-5-1-3-13-4-2-6-22-19(13)16/h1,3,5,11-12,14-15,17-18,22,26H,2,4,6-10H2/t14-,15+,17-,18-/m1/s1. The van der Waals surface area contributed by atoms with E-state index < -0.39 is 6.10 Å². The molecular weight excluding hydrogens is 342 g/mol. The number of carbonyl (C=O) groups excluding carboxylic acids is 1. The molecule has 7 heteroatoms. The molecule has 2 fully saturated rings. The van der Waals surface area contributed by atoms with E-state index in [2.05, 4.69) is 21.5 Å². The van der Waals surface area contributed by atoms with Crippen molar-refractivity contribution in [2.45, 2.75) is 37.8 Å². The molecule has 2 N–H and O–H groups in total. The quantitative estimate of drug-likeness (QED) is 0.844. The van der Waals surface area contributed by atoms with Crippen LogP contribution in [0.3, 0.4) is 0 Å². The molecule has 0 unspecified atom stereocenters. The average molecular weight is 367 g/mol. The molecule has 7 nitrogen and oxygen atoms in total. The fourth-order valence-electron chi connectivity index (χ4n) is 5.10. The van der Waals surface area contributed by atoms with Gasteiger partial charge >= 0.3 is 0 Å². The summed E-state index contributed by atoms with van der Waals surface area (Å²) in [6, 6.07) is 6.00. The van der Waals surface area contributed by atoms with Gasteiger partial charge in [0.05, 0.1) is 23.4 Å². The Morgan fingerprint density at radius 1 is 1.22 bits per heavy atom. The number of hydrogen-bond acceptors (Lipinski definition) is 5. The fourth-order valence-corrected chi connectivity index (χ4v) is 5.10. The van der Waals surface area contributed by atoms with Crippen LogP contribution >= 0.6 is 0 Å². The van der Waals surface area contributed by atoms with Gasteiger partial charge in [-0.2, -0.15) is 5.10 Å². The highest BCUT2D eigenvalue weighted by atomic mass is 16.3. The molecule has 0 spiro atoms. The Bertz CT molecular complexity index is 837. The number of rotatable bonds is 2. The Morgan fingerprint density at radius 3 is 2.89 bits per heavy atom. The van der Waals surface area contributed by atoms with Gasteiger partial charge in [-0.3, -0.25) is 4.79 Å². The van der Waals surface area contributed by atoms with Gasteiger partial charge in [0.2, 0.25) is 0 Å². The molecule has 142 valence electrons. The van der Waals surface area contributed by atoms with Gasteiger partial charge in [-0.05, 0) is 49.1 Å². The zero-order chi connectivity index (χ0) is 18.4. The Labute approximate surface area is 158 Å². The van der Waals surface area contributed by atoms with Crippen LogP contribution in [0.2, 0.25) is 0 Å². The minimum Gasteiger partial charge on any atom is -0.391 e. The molecule has 27 heavy (non-hydrogen) atoms. The van der Waals surface area contributed by atoms with Crippen LogP contribution in [0.4, 0.5) is 5.69 Å². The summed E-state index contributed by atoms with van der Waals surface area (Å²) in [7, 11) is 0. The van der Waals surface area contributed by atoms with Gasteiger partial charge in [0.25, 0.3) is 5.91 Å². The van der Waals surface area contributed by atoms with Crippen LogP contribution in [0, 0.1) is 11.8 Å². The number of aliphatic hydroxyl groups excluding tert-OH is 1. The monoisotopic (exact) mass is 367 g/mol. The van der Waals surface area contributed by atoms with E-state index >= 15 is 0 Å². The minimum absolute atomic E-state index is 0.0463. The van der Waals surface area contributed by atoms with Crippen LogP contribution in [0.1, 0.15) is 41.2 Å². The topological polar surface area (TPSA) is 83.3 Å². The first kappa shape index (κ1) is 16.7. The average Bonchev–Trinajstić information content (AvgIpc) is 3.35. The lowest BCUT2D eigenvalue weighted by atomic mass is 9.77. The number of anilines is 1. The molecule has 0 bridgehead atoms. The number of para-hydroxylation sites is 1. The SMILES string of the molecule is O=C(c1cccc2c1NCCC2)N1C[C@H]2C[C@@H](n3cncn3)[C@H](O)C[C@H]2C1. The molecule has 1 amide bonds. The van der Waals surface area contributed by atoms with E-state index in [1.54, 1.807) is 11.0 Å². The van der Waals surface area contributed by atoms with Gasteiger partial charge in [-0.25, -0.2) is 9.67 Å². The van der Waals surface area contributed by atoms with Crippen molar-refractivity contribution < 1.29 is 9.90 Å². The maximum Gasteiger partial charge on any atom is 0.255 e. The highest BCUT2D eigenvalue weighted by Gasteiger charge is 2.44. The second-order valence-electron chi connectivity index (χ2n) is 8.08. The van der Waals surface area contributed by atoms with E-state index in [9.17, 15) is 9.90 Å². The molecule has 0 radical (unpaired) electrons.